The third-order valence-electron chi connectivity index (χ3n) is 5.67. The SMILES string of the molecule is CCCOC[C@H](Cc1ccc(-c2ccc(OC(F)(F)F)cc2)cc1)Nc1ccc(C(=O)NCCC(=O)O)cc1. The van der Waals surface area contributed by atoms with Crippen molar-refractivity contribution in [2.24, 2.45) is 0 Å². The molecule has 208 valence electrons. The van der Waals surface area contributed by atoms with Crippen LogP contribution in [-0.4, -0.2) is 49.1 Å². The number of alkyl halides is 3. The number of carboxylic acid groups (broad SMARTS) is 1. The van der Waals surface area contributed by atoms with Crippen LogP contribution in [0.5, 0.6) is 5.75 Å². The number of nitrogens with one attached hydrogen (secondary N) is 2. The van der Waals surface area contributed by atoms with Crippen LogP contribution in [0, 0.1) is 0 Å². The Kier molecular flexibility index (Phi) is 10.7. The number of benzene rings is 3. The highest BCUT2D eigenvalue weighted by Crippen LogP contribution is 2.27. The number of carboxylic acids is 1. The molecule has 7 nitrogen and oxygen atoms in total. The number of carbonyl (C=O) groups is 2. The number of carbonyl (C=O) groups excluding carboxylic acids is 1. The quantitative estimate of drug-likeness (QED) is 0.219. The Hall–Kier alpha value is -4.05. The van der Waals surface area contributed by atoms with Crippen LogP contribution >= 0.6 is 0 Å². The van der Waals surface area contributed by atoms with E-state index in [1.54, 1.807) is 36.4 Å². The van der Waals surface area contributed by atoms with Crippen molar-refractivity contribution in [1.82, 2.24) is 5.32 Å². The molecule has 3 N–H and O–H groups in total. The largest absolute Gasteiger partial charge is 0.573 e. The molecular weight excluding hydrogens is 513 g/mol. The van der Waals surface area contributed by atoms with Gasteiger partial charge in [0.1, 0.15) is 5.75 Å². The van der Waals surface area contributed by atoms with Gasteiger partial charge in [-0.1, -0.05) is 43.3 Å². The molecule has 0 fully saturated rings. The van der Waals surface area contributed by atoms with Gasteiger partial charge in [-0.25, -0.2) is 0 Å². The molecule has 0 heterocycles. The van der Waals surface area contributed by atoms with Gasteiger partial charge in [0, 0.05) is 24.4 Å². The highest BCUT2D eigenvalue weighted by molar-refractivity contribution is 5.94. The van der Waals surface area contributed by atoms with Crippen molar-refractivity contribution in [2.75, 3.05) is 25.1 Å². The van der Waals surface area contributed by atoms with Gasteiger partial charge in [-0.3, -0.25) is 9.59 Å². The summed E-state index contributed by atoms with van der Waals surface area (Å²) in [4.78, 5) is 22.8. The first kappa shape index (κ1) is 29.5. The number of halogens is 3. The van der Waals surface area contributed by atoms with Gasteiger partial charge in [0.15, 0.2) is 0 Å². The molecule has 0 radical (unpaired) electrons. The van der Waals surface area contributed by atoms with Crippen LogP contribution in [0.15, 0.2) is 72.8 Å². The standard InChI is InChI=1S/C29H31F3N2O5/c1-2-17-38-19-25(34-24-11-7-23(8-12-24)28(37)33-16-15-27(35)36)18-20-3-5-21(6-4-20)22-9-13-26(14-10-22)39-29(30,31)32/h3-14,25,34H,2,15-19H2,1H3,(H,33,37)(H,35,36)/t25-/m0/s1. The van der Waals surface area contributed by atoms with Gasteiger partial charge in [0.25, 0.3) is 5.91 Å². The lowest BCUT2D eigenvalue weighted by Crippen LogP contribution is -2.28. The molecule has 0 aliphatic rings. The second-order valence-corrected chi connectivity index (χ2v) is 8.87. The number of amides is 1. The Morgan fingerprint density at radius 3 is 2.10 bits per heavy atom. The van der Waals surface area contributed by atoms with E-state index in [2.05, 4.69) is 15.4 Å². The summed E-state index contributed by atoms with van der Waals surface area (Å²) < 4.78 is 46.9. The summed E-state index contributed by atoms with van der Waals surface area (Å²) in [6.45, 7) is 3.18. The number of rotatable bonds is 14. The molecular formula is C29H31F3N2O5. The van der Waals surface area contributed by atoms with Gasteiger partial charge >= 0.3 is 12.3 Å². The van der Waals surface area contributed by atoms with E-state index in [1.807, 2.05) is 31.2 Å². The second-order valence-electron chi connectivity index (χ2n) is 8.87. The van der Waals surface area contributed by atoms with E-state index in [-0.39, 0.29) is 30.7 Å². The van der Waals surface area contributed by atoms with E-state index in [0.29, 0.717) is 25.2 Å². The van der Waals surface area contributed by atoms with Gasteiger partial charge in [-0.15, -0.1) is 13.2 Å². The maximum atomic E-state index is 12.4. The third-order valence-corrected chi connectivity index (χ3v) is 5.67. The molecule has 10 heteroatoms. The van der Waals surface area contributed by atoms with Gasteiger partial charge < -0.3 is 25.2 Å². The van der Waals surface area contributed by atoms with E-state index in [9.17, 15) is 22.8 Å². The van der Waals surface area contributed by atoms with E-state index < -0.39 is 12.3 Å². The molecule has 0 aliphatic carbocycles. The molecule has 0 saturated carbocycles. The molecule has 3 aromatic carbocycles. The number of aliphatic carboxylic acids is 1. The third kappa shape index (κ3) is 10.3. The first-order chi connectivity index (χ1) is 18.6. The first-order valence-corrected chi connectivity index (χ1v) is 12.5. The average Bonchev–Trinajstić information content (AvgIpc) is 2.89. The lowest BCUT2D eigenvalue weighted by molar-refractivity contribution is -0.274. The zero-order valence-corrected chi connectivity index (χ0v) is 21.5. The predicted octanol–water partition coefficient (Wildman–Crippen LogP) is 5.91. The van der Waals surface area contributed by atoms with Crippen molar-refractivity contribution in [2.45, 2.75) is 38.6 Å². The lowest BCUT2D eigenvalue weighted by Gasteiger charge is -2.21. The Morgan fingerprint density at radius 1 is 0.923 bits per heavy atom. The Labute approximate surface area is 225 Å². The summed E-state index contributed by atoms with van der Waals surface area (Å²) >= 11 is 0. The summed E-state index contributed by atoms with van der Waals surface area (Å²) in [5.74, 6) is -1.58. The maximum absolute atomic E-state index is 12.4. The monoisotopic (exact) mass is 544 g/mol. The summed E-state index contributed by atoms with van der Waals surface area (Å²) in [5.41, 5.74) is 3.91. The van der Waals surface area contributed by atoms with Crippen LogP contribution in [0.1, 0.15) is 35.7 Å². The number of anilines is 1. The van der Waals surface area contributed by atoms with Crippen molar-refractivity contribution < 1.29 is 37.3 Å². The molecule has 39 heavy (non-hydrogen) atoms. The van der Waals surface area contributed by atoms with Gasteiger partial charge in [-0.05, 0) is 65.9 Å². The number of hydrogen-bond acceptors (Lipinski definition) is 5. The minimum atomic E-state index is -4.73. The predicted molar refractivity (Wildman–Crippen MR) is 142 cm³/mol. The average molecular weight is 545 g/mol. The van der Waals surface area contributed by atoms with E-state index in [4.69, 9.17) is 9.84 Å². The minimum absolute atomic E-state index is 0.0571. The molecule has 0 unspecified atom stereocenters. The van der Waals surface area contributed by atoms with E-state index >= 15 is 0 Å². The Balaban J connectivity index is 1.62. The Morgan fingerprint density at radius 2 is 1.54 bits per heavy atom. The normalized spacial score (nSPS) is 12.0. The summed E-state index contributed by atoms with van der Waals surface area (Å²) in [6, 6.07) is 20.3. The van der Waals surface area contributed by atoms with Crippen molar-refractivity contribution in [3.63, 3.8) is 0 Å². The van der Waals surface area contributed by atoms with Gasteiger partial charge in [0.05, 0.1) is 19.1 Å². The number of hydrogen-bond donors (Lipinski definition) is 3. The minimum Gasteiger partial charge on any atom is -0.481 e. The summed E-state index contributed by atoms with van der Waals surface area (Å²) in [7, 11) is 0. The Bertz CT molecular complexity index is 1200. The van der Waals surface area contributed by atoms with Gasteiger partial charge in [0.2, 0.25) is 0 Å². The van der Waals surface area contributed by atoms with Crippen LogP contribution in [0.2, 0.25) is 0 Å². The topological polar surface area (TPSA) is 96.9 Å². The maximum Gasteiger partial charge on any atom is 0.573 e. The molecule has 0 saturated heterocycles. The summed E-state index contributed by atoms with van der Waals surface area (Å²) in [5, 5.41) is 14.7. The highest BCUT2D eigenvalue weighted by atomic mass is 19.4. The fourth-order valence-electron chi connectivity index (χ4n) is 3.83. The molecule has 1 atom stereocenters. The van der Waals surface area contributed by atoms with Crippen molar-refractivity contribution in [3.05, 3.63) is 83.9 Å². The van der Waals surface area contributed by atoms with Crippen LogP contribution in [-0.2, 0) is 16.0 Å². The molecule has 0 aliphatic heterocycles. The van der Waals surface area contributed by atoms with Gasteiger partial charge in [-0.2, -0.15) is 0 Å². The van der Waals surface area contributed by atoms with Crippen LogP contribution in [0.25, 0.3) is 11.1 Å². The van der Waals surface area contributed by atoms with E-state index in [1.165, 1.54) is 12.1 Å². The lowest BCUT2D eigenvalue weighted by atomic mass is 10.0. The first-order valence-electron chi connectivity index (χ1n) is 12.5. The molecule has 1 amide bonds. The molecule has 0 spiro atoms. The van der Waals surface area contributed by atoms with Crippen LogP contribution in [0.4, 0.5) is 18.9 Å². The summed E-state index contributed by atoms with van der Waals surface area (Å²) in [6.07, 6.45) is -3.33. The zero-order chi connectivity index (χ0) is 28.3. The molecule has 0 bridgehead atoms. The van der Waals surface area contributed by atoms with E-state index in [0.717, 1.165) is 28.8 Å². The van der Waals surface area contributed by atoms with Crippen LogP contribution < -0.4 is 15.4 Å². The molecule has 3 rings (SSSR count). The van der Waals surface area contributed by atoms with Crippen molar-refractivity contribution in [3.8, 4) is 16.9 Å². The second kappa shape index (κ2) is 14.2. The van der Waals surface area contributed by atoms with Crippen molar-refractivity contribution >= 4 is 17.6 Å². The van der Waals surface area contributed by atoms with Crippen LogP contribution in [0.3, 0.4) is 0 Å². The fourth-order valence-corrected chi connectivity index (χ4v) is 3.83. The fraction of sp³-hybridized carbons (Fsp3) is 0.310. The zero-order valence-electron chi connectivity index (χ0n) is 21.5. The smallest absolute Gasteiger partial charge is 0.481 e. The molecule has 0 aromatic heterocycles. The number of ether oxygens (including phenoxy) is 2. The highest BCUT2D eigenvalue weighted by Gasteiger charge is 2.31. The van der Waals surface area contributed by atoms with Crippen molar-refractivity contribution in [1.29, 1.82) is 0 Å². The molecule has 3 aromatic rings.